The molecule has 0 radical (unpaired) electrons. The van der Waals surface area contributed by atoms with E-state index in [1.807, 2.05) is 43.3 Å². The molecule has 0 aliphatic carbocycles. The molecule has 3 saturated heterocycles. The molecule has 4 aliphatic heterocycles. The van der Waals surface area contributed by atoms with Crippen LogP contribution in [0.4, 0.5) is 5.69 Å². The van der Waals surface area contributed by atoms with Gasteiger partial charge in [-0.05, 0) is 35.7 Å². The summed E-state index contributed by atoms with van der Waals surface area (Å²) in [5, 5.41) is 3.00. The monoisotopic (exact) mass is 460 g/mol. The molecule has 1 aromatic heterocycles. The van der Waals surface area contributed by atoms with Crippen LogP contribution in [-0.4, -0.2) is 40.2 Å². The van der Waals surface area contributed by atoms with Crippen molar-refractivity contribution in [1.82, 2.24) is 4.90 Å². The van der Waals surface area contributed by atoms with Crippen LogP contribution in [0.15, 0.2) is 59.2 Å². The molecule has 2 amide bonds. The van der Waals surface area contributed by atoms with Crippen molar-refractivity contribution in [3.63, 3.8) is 0 Å². The van der Waals surface area contributed by atoms with Gasteiger partial charge >= 0.3 is 0 Å². The van der Waals surface area contributed by atoms with Gasteiger partial charge in [-0.1, -0.05) is 45.1 Å². The Kier molecular flexibility index (Phi) is 4.65. The van der Waals surface area contributed by atoms with Crippen LogP contribution in [0.3, 0.4) is 0 Å². The highest BCUT2D eigenvalue weighted by atomic mass is 16.5. The number of rotatable bonds is 4. The van der Waals surface area contributed by atoms with E-state index in [1.165, 1.54) is 5.56 Å². The molecule has 6 rings (SSSR count). The molecule has 7 nitrogen and oxygen atoms in total. The lowest BCUT2D eigenvalue weighted by atomic mass is 9.70. The molecule has 4 aliphatic rings. The van der Waals surface area contributed by atoms with Crippen molar-refractivity contribution in [2.45, 2.75) is 56.9 Å². The Morgan fingerprint density at radius 2 is 1.94 bits per heavy atom. The number of amides is 2. The third-order valence-electron chi connectivity index (χ3n) is 8.10. The van der Waals surface area contributed by atoms with Crippen molar-refractivity contribution >= 4 is 23.3 Å². The Balaban J connectivity index is 1.34. The molecular formula is C27H28N2O5. The number of carbonyl (C=O) groups excluding carboxylic acids is 3. The van der Waals surface area contributed by atoms with Gasteiger partial charge in [-0.3, -0.25) is 14.4 Å². The van der Waals surface area contributed by atoms with E-state index >= 15 is 0 Å². The molecule has 2 bridgehead atoms. The third kappa shape index (κ3) is 2.83. The molecule has 4 unspecified atom stereocenters. The molecule has 2 aromatic rings. The summed E-state index contributed by atoms with van der Waals surface area (Å²) in [7, 11) is 0. The van der Waals surface area contributed by atoms with Gasteiger partial charge in [0.1, 0.15) is 17.1 Å². The number of piperidine rings is 1. The minimum Gasteiger partial charge on any atom is -0.467 e. The molecule has 1 aromatic carbocycles. The van der Waals surface area contributed by atoms with E-state index in [0.29, 0.717) is 17.4 Å². The number of fused-ring (bicyclic) bond motifs is 2. The summed E-state index contributed by atoms with van der Waals surface area (Å²) in [6, 6.07) is 10.4. The van der Waals surface area contributed by atoms with Gasteiger partial charge in [-0.15, -0.1) is 0 Å². The maximum atomic E-state index is 13.9. The number of nitrogens with one attached hydrogen (secondary N) is 1. The predicted octanol–water partition coefficient (Wildman–Crippen LogP) is 3.84. The largest absolute Gasteiger partial charge is 0.467 e. The maximum Gasteiger partial charge on any atom is 0.231 e. The van der Waals surface area contributed by atoms with E-state index in [4.69, 9.17) is 9.15 Å². The summed E-state index contributed by atoms with van der Waals surface area (Å²) < 4.78 is 12.0. The number of ketones is 1. The fourth-order valence-corrected chi connectivity index (χ4v) is 6.44. The van der Waals surface area contributed by atoms with Crippen LogP contribution < -0.4 is 5.32 Å². The molecule has 3 fully saturated rings. The minimum absolute atomic E-state index is 0.0732. The first-order valence-corrected chi connectivity index (χ1v) is 12.0. The van der Waals surface area contributed by atoms with Crippen LogP contribution in [0.5, 0.6) is 0 Å². The number of anilines is 1. The Bertz CT molecular complexity index is 1180. The molecule has 1 N–H and O–H groups in total. The summed E-state index contributed by atoms with van der Waals surface area (Å²) in [4.78, 5) is 42.2. The average Bonchev–Trinajstić information content (AvgIpc) is 3.59. The van der Waals surface area contributed by atoms with Crippen LogP contribution in [0, 0.1) is 17.8 Å². The van der Waals surface area contributed by atoms with E-state index in [-0.39, 0.29) is 24.0 Å². The van der Waals surface area contributed by atoms with Crippen LogP contribution in [0.2, 0.25) is 0 Å². The van der Waals surface area contributed by atoms with Gasteiger partial charge in [0, 0.05) is 18.0 Å². The van der Waals surface area contributed by atoms with Gasteiger partial charge in [-0.25, -0.2) is 0 Å². The number of Topliss-reactive ketones (excluding diaryl/α,β-unsaturated/α-hetero) is 1. The summed E-state index contributed by atoms with van der Waals surface area (Å²) in [6.07, 6.45) is 5.06. The number of hydrogen-bond donors (Lipinski definition) is 1. The number of ether oxygens (including phenoxy) is 1. The lowest BCUT2D eigenvalue weighted by Gasteiger charge is -2.43. The summed E-state index contributed by atoms with van der Waals surface area (Å²) in [5.74, 6) is -1.05. The van der Waals surface area contributed by atoms with Crippen molar-refractivity contribution in [2.24, 2.45) is 17.8 Å². The molecule has 34 heavy (non-hydrogen) atoms. The first kappa shape index (κ1) is 21.4. The van der Waals surface area contributed by atoms with Crippen LogP contribution in [-0.2, 0) is 19.1 Å². The summed E-state index contributed by atoms with van der Waals surface area (Å²) >= 11 is 0. The Morgan fingerprint density at radius 3 is 2.62 bits per heavy atom. The topological polar surface area (TPSA) is 88.9 Å². The van der Waals surface area contributed by atoms with Gasteiger partial charge < -0.3 is 19.4 Å². The third-order valence-corrected chi connectivity index (χ3v) is 8.10. The van der Waals surface area contributed by atoms with Gasteiger partial charge in [-0.2, -0.15) is 0 Å². The summed E-state index contributed by atoms with van der Waals surface area (Å²) in [5.41, 5.74) is 0.898. The van der Waals surface area contributed by atoms with E-state index in [0.717, 1.165) is 0 Å². The van der Waals surface area contributed by atoms with Gasteiger partial charge in [0.25, 0.3) is 0 Å². The van der Waals surface area contributed by atoms with E-state index in [1.54, 1.807) is 23.3 Å². The van der Waals surface area contributed by atoms with E-state index < -0.39 is 41.5 Å². The Hall–Kier alpha value is -3.19. The fourth-order valence-electron chi connectivity index (χ4n) is 6.44. The first-order chi connectivity index (χ1) is 16.3. The second kappa shape index (κ2) is 7.40. The molecule has 7 heteroatoms. The standard InChI is InChI=1S/C27H28N2O5/c1-14(2)16-6-8-17(9-7-16)28-25(31)22-21-10-11-27(34-21)23(22)26(32)29-18(20-5-4-12-33-20)13-19(30)15(3)24(27)29/h4-12,14-15,18,21-24H,13H2,1-3H3,(H,28,31)/t15?,18?,21-,22?,23+,24?,27+/m1/s1. The summed E-state index contributed by atoms with van der Waals surface area (Å²) in [6.45, 7) is 6.10. The molecular weight excluding hydrogens is 432 g/mol. The molecule has 5 heterocycles. The Labute approximate surface area is 198 Å². The number of hydrogen-bond acceptors (Lipinski definition) is 5. The molecule has 0 saturated carbocycles. The normalized spacial score (nSPS) is 35.7. The zero-order valence-electron chi connectivity index (χ0n) is 19.4. The van der Waals surface area contributed by atoms with Crippen LogP contribution in [0.25, 0.3) is 0 Å². The number of nitrogens with zero attached hydrogens (tertiary/aromatic N) is 1. The van der Waals surface area contributed by atoms with Gasteiger partial charge in [0.2, 0.25) is 11.8 Å². The van der Waals surface area contributed by atoms with Gasteiger partial charge in [0.05, 0.1) is 36.3 Å². The van der Waals surface area contributed by atoms with E-state index in [9.17, 15) is 14.4 Å². The lowest BCUT2D eigenvalue weighted by molar-refractivity contribution is -0.147. The highest BCUT2D eigenvalue weighted by Crippen LogP contribution is 2.60. The predicted molar refractivity (Wildman–Crippen MR) is 124 cm³/mol. The minimum atomic E-state index is -0.981. The van der Waals surface area contributed by atoms with Crippen molar-refractivity contribution in [3.8, 4) is 0 Å². The Morgan fingerprint density at radius 1 is 1.18 bits per heavy atom. The number of carbonyl (C=O) groups is 3. The lowest BCUT2D eigenvalue weighted by Crippen LogP contribution is -2.55. The molecule has 176 valence electrons. The van der Waals surface area contributed by atoms with Gasteiger partial charge in [0.15, 0.2) is 0 Å². The zero-order chi connectivity index (χ0) is 23.8. The number of benzene rings is 1. The highest BCUT2D eigenvalue weighted by molar-refractivity contribution is 6.00. The number of furan rings is 1. The average molecular weight is 461 g/mol. The smallest absolute Gasteiger partial charge is 0.231 e. The second-order valence-electron chi connectivity index (χ2n) is 10.2. The van der Waals surface area contributed by atoms with Crippen molar-refractivity contribution in [3.05, 3.63) is 66.1 Å². The van der Waals surface area contributed by atoms with Crippen molar-refractivity contribution in [2.75, 3.05) is 5.32 Å². The van der Waals surface area contributed by atoms with E-state index in [2.05, 4.69) is 19.2 Å². The highest BCUT2D eigenvalue weighted by Gasteiger charge is 2.74. The fraction of sp³-hybridized carbons (Fsp3) is 0.444. The maximum absolute atomic E-state index is 13.9. The van der Waals surface area contributed by atoms with Crippen LogP contribution in [0.1, 0.15) is 50.5 Å². The van der Waals surface area contributed by atoms with Crippen molar-refractivity contribution in [1.29, 1.82) is 0 Å². The zero-order valence-corrected chi connectivity index (χ0v) is 19.4. The molecule has 1 spiro atoms. The quantitative estimate of drug-likeness (QED) is 0.701. The van der Waals surface area contributed by atoms with Crippen molar-refractivity contribution < 1.29 is 23.5 Å². The second-order valence-corrected chi connectivity index (χ2v) is 10.2. The first-order valence-electron chi connectivity index (χ1n) is 12.0. The van der Waals surface area contributed by atoms with Crippen LogP contribution >= 0.6 is 0 Å². The SMILES string of the molecule is CC(C)c1ccc(NC(=O)C2[C@H]3C(=O)N4C(c5ccco5)CC(=O)C(C)C4[C@]34C=C[C@H]2O4)cc1. The molecule has 7 atom stereocenters.